The Hall–Kier alpha value is -1.30. The third-order valence-electron chi connectivity index (χ3n) is 2.75. The molecule has 0 aromatic rings. The predicted molar refractivity (Wildman–Crippen MR) is 68.6 cm³/mol. The number of methoxy groups -OCH3 is 1. The molecule has 0 radical (unpaired) electrons. The summed E-state index contributed by atoms with van der Waals surface area (Å²) in [6, 6.07) is -0.127. The molecule has 0 aliphatic heterocycles. The van der Waals surface area contributed by atoms with Crippen molar-refractivity contribution in [3.05, 3.63) is 0 Å². The number of ether oxygens (including phenoxy) is 1. The minimum absolute atomic E-state index is 0.127. The van der Waals surface area contributed by atoms with Gasteiger partial charge in [0, 0.05) is 26.7 Å². The number of nitrogens with one attached hydrogen (secondary N) is 1. The first kappa shape index (κ1) is 16.7. The van der Waals surface area contributed by atoms with E-state index in [2.05, 4.69) is 5.32 Å². The maximum atomic E-state index is 11.7. The second-order valence-electron chi connectivity index (χ2n) is 4.19. The van der Waals surface area contributed by atoms with E-state index >= 15 is 0 Å². The fraction of sp³-hybridized carbons (Fsp3) is 0.833. The molecule has 0 aromatic heterocycles. The first-order valence-electron chi connectivity index (χ1n) is 6.27. The molecule has 18 heavy (non-hydrogen) atoms. The van der Waals surface area contributed by atoms with E-state index in [1.54, 1.807) is 18.9 Å². The highest BCUT2D eigenvalue weighted by molar-refractivity contribution is 5.74. The van der Waals surface area contributed by atoms with E-state index in [1.807, 2.05) is 6.92 Å². The van der Waals surface area contributed by atoms with Gasteiger partial charge in [0.25, 0.3) is 0 Å². The molecule has 0 rings (SSSR count). The Balaban J connectivity index is 3.77. The average Bonchev–Trinajstić information content (AvgIpc) is 2.35. The zero-order valence-electron chi connectivity index (χ0n) is 11.4. The van der Waals surface area contributed by atoms with Crippen molar-refractivity contribution in [3.8, 4) is 0 Å². The molecule has 0 fully saturated rings. The van der Waals surface area contributed by atoms with Crippen LogP contribution in [-0.2, 0) is 9.53 Å². The third-order valence-corrected chi connectivity index (χ3v) is 2.75. The highest BCUT2D eigenvalue weighted by atomic mass is 16.5. The quantitative estimate of drug-likeness (QED) is 0.610. The summed E-state index contributed by atoms with van der Waals surface area (Å²) in [4.78, 5) is 23.9. The minimum Gasteiger partial charge on any atom is -0.481 e. The van der Waals surface area contributed by atoms with Gasteiger partial charge in [-0.25, -0.2) is 4.79 Å². The van der Waals surface area contributed by atoms with Gasteiger partial charge in [-0.2, -0.15) is 0 Å². The van der Waals surface area contributed by atoms with E-state index < -0.39 is 5.97 Å². The number of carbonyl (C=O) groups is 2. The van der Waals surface area contributed by atoms with E-state index in [0.29, 0.717) is 39.1 Å². The normalized spacial score (nSPS) is 11.9. The standard InChI is InChI=1S/C12H24N2O4/c1-4-14(8-9-18-3)12(17)13-7-5-6-10(2)11(15)16/h10H,4-9H2,1-3H3,(H,13,17)(H,15,16). The highest BCUT2D eigenvalue weighted by Gasteiger charge is 2.12. The van der Waals surface area contributed by atoms with Gasteiger partial charge in [0.2, 0.25) is 0 Å². The smallest absolute Gasteiger partial charge is 0.317 e. The lowest BCUT2D eigenvalue weighted by Gasteiger charge is -2.21. The monoisotopic (exact) mass is 260 g/mol. The SMILES string of the molecule is CCN(CCOC)C(=O)NCCCC(C)C(=O)O. The second kappa shape index (κ2) is 9.70. The average molecular weight is 260 g/mol. The first-order valence-corrected chi connectivity index (χ1v) is 6.27. The summed E-state index contributed by atoms with van der Waals surface area (Å²) < 4.78 is 4.92. The fourth-order valence-electron chi connectivity index (χ4n) is 1.44. The van der Waals surface area contributed by atoms with E-state index in [4.69, 9.17) is 9.84 Å². The lowest BCUT2D eigenvalue weighted by atomic mass is 10.1. The number of carboxylic acids is 1. The Bertz CT molecular complexity index is 258. The molecule has 0 saturated carbocycles. The maximum absolute atomic E-state index is 11.7. The van der Waals surface area contributed by atoms with Crippen molar-refractivity contribution < 1.29 is 19.4 Å². The van der Waals surface area contributed by atoms with E-state index in [0.717, 1.165) is 0 Å². The van der Waals surface area contributed by atoms with Crippen LogP contribution >= 0.6 is 0 Å². The minimum atomic E-state index is -0.795. The van der Waals surface area contributed by atoms with Crippen LogP contribution in [0.3, 0.4) is 0 Å². The molecular weight excluding hydrogens is 236 g/mol. The van der Waals surface area contributed by atoms with Gasteiger partial charge in [-0.3, -0.25) is 4.79 Å². The van der Waals surface area contributed by atoms with Crippen molar-refractivity contribution in [2.24, 2.45) is 5.92 Å². The number of hydrogen-bond donors (Lipinski definition) is 2. The second-order valence-corrected chi connectivity index (χ2v) is 4.19. The Morgan fingerprint density at radius 3 is 2.61 bits per heavy atom. The van der Waals surface area contributed by atoms with Crippen molar-refractivity contribution in [3.63, 3.8) is 0 Å². The number of hydrogen-bond acceptors (Lipinski definition) is 3. The van der Waals surface area contributed by atoms with Crippen LogP contribution in [0.25, 0.3) is 0 Å². The van der Waals surface area contributed by atoms with Gasteiger partial charge < -0.3 is 20.1 Å². The summed E-state index contributed by atoms with van der Waals surface area (Å²) in [7, 11) is 1.60. The molecule has 6 nitrogen and oxygen atoms in total. The molecule has 1 atom stereocenters. The van der Waals surface area contributed by atoms with Crippen LogP contribution in [0.1, 0.15) is 26.7 Å². The van der Waals surface area contributed by atoms with E-state index in [9.17, 15) is 9.59 Å². The number of rotatable bonds is 9. The molecule has 0 heterocycles. The molecule has 0 aliphatic rings. The lowest BCUT2D eigenvalue weighted by Crippen LogP contribution is -2.41. The van der Waals surface area contributed by atoms with E-state index in [1.165, 1.54) is 0 Å². The molecule has 0 aromatic carbocycles. The van der Waals surface area contributed by atoms with Crippen LogP contribution in [0.5, 0.6) is 0 Å². The molecule has 6 heteroatoms. The topological polar surface area (TPSA) is 78.9 Å². The summed E-state index contributed by atoms with van der Waals surface area (Å²) in [5, 5.41) is 11.5. The van der Waals surface area contributed by atoms with Gasteiger partial charge >= 0.3 is 12.0 Å². The Morgan fingerprint density at radius 2 is 2.11 bits per heavy atom. The summed E-state index contributed by atoms with van der Waals surface area (Å²) in [5.41, 5.74) is 0. The molecule has 0 bridgehead atoms. The van der Waals surface area contributed by atoms with Crippen LogP contribution in [-0.4, -0.2) is 55.4 Å². The summed E-state index contributed by atoms with van der Waals surface area (Å²) >= 11 is 0. The van der Waals surface area contributed by atoms with Crippen LogP contribution in [0.4, 0.5) is 4.79 Å². The van der Waals surface area contributed by atoms with Crippen LogP contribution in [0.15, 0.2) is 0 Å². The Morgan fingerprint density at radius 1 is 1.44 bits per heavy atom. The summed E-state index contributed by atoms with van der Waals surface area (Å²) in [6.45, 7) is 5.77. The number of amides is 2. The molecule has 106 valence electrons. The van der Waals surface area contributed by atoms with Crippen molar-refractivity contribution >= 4 is 12.0 Å². The predicted octanol–water partition coefficient (Wildman–Crippen LogP) is 1.17. The van der Waals surface area contributed by atoms with E-state index in [-0.39, 0.29) is 11.9 Å². The van der Waals surface area contributed by atoms with Crippen LogP contribution in [0.2, 0.25) is 0 Å². The summed E-state index contributed by atoms with van der Waals surface area (Å²) in [6.07, 6.45) is 1.24. The van der Waals surface area contributed by atoms with Crippen molar-refractivity contribution in [1.29, 1.82) is 0 Å². The molecule has 1 unspecified atom stereocenters. The third kappa shape index (κ3) is 7.11. The zero-order chi connectivity index (χ0) is 14.0. The van der Waals surface area contributed by atoms with Crippen LogP contribution in [0, 0.1) is 5.92 Å². The number of aliphatic carboxylic acids is 1. The Kier molecular flexibility index (Phi) is 9.00. The molecule has 0 aliphatic carbocycles. The number of nitrogens with zero attached hydrogens (tertiary/aromatic N) is 1. The number of urea groups is 1. The van der Waals surface area contributed by atoms with Crippen molar-refractivity contribution in [1.82, 2.24) is 10.2 Å². The molecule has 2 N–H and O–H groups in total. The van der Waals surface area contributed by atoms with Gasteiger partial charge in [0.15, 0.2) is 0 Å². The van der Waals surface area contributed by atoms with Gasteiger partial charge in [0.1, 0.15) is 0 Å². The molecule has 0 saturated heterocycles. The first-order chi connectivity index (χ1) is 8.52. The van der Waals surface area contributed by atoms with Gasteiger partial charge in [-0.15, -0.1) is 0 Å². The number of carbonyl (C=O) groups excluding carboxylic acids is 1. The van der Waals surface area contributed by atoms with Crippen molar-refractivity contribution in [2.45, 2.75) is 26.7 Å². The van der Waals surface area contributed by atoms with Crippen molar-refractivity contribution in [2.75, 3.05) is 33.4 Å². The zero-order valence-corrected chi connectivity index (χ0v) is 11.4. The lowest BCUT2D eigenvalue weighted by molar-refractivity contribution is -0.141. The Labute approximate surface area is 108 Å². The van der Waals surface area contributed by atoms with Gasteiger partial charge in [-0.05, 0) is 19.8 Å². The maximum Gasteiger partial charge on any atom is 0.317 e. The molecule has 2 amide bonds. The largest absolute Gasteiger partial charge is 0.481 e. The number of likely N-dealkylation sites (N-methyl/N-ethyl adjacent to an activating group) is 1. The molecule has 0 spiro atoms. The summed E-state index contributed by atoms with van der Waals surface area (Å²) in [5.74, 6) is -1.16. The van der Waals surface area contributed by atoms with Gasteiger partial charge in [-0.1, -0.05) is 6.92 Å². The number of carboxylic acid groups (broad SMARTS) is 1. The van der Waals surface area contributed by atoms with Crippen LogP contribution < -0.4 is 5.32 Å². The molecular formula is C12H24N2O4. The highest BCUT2D eigenvalue weighted by Crippen LogP contribution is 2.04. The fourth-order valence-corrected chi connectivity index (χ4v) is 1.44. The van der Waals surface area contributed by atoms with Gasteiger partial charge in [0.05, 0.1) is 12.5 Å².